The monoisotopic (exact) mass is 441 g/mol. The lowest BCUT2D eigenvalue weighted by atomic mass is 9.99. The van der Waals surface area contributed by atoms with Crippen LogP contribution in [0.15, 0.2) is 42.6 Å². The molecule has 0 spiro atoms. The Morgan fingerprint density at radius 3 is 2.44 bits per heavy atom. The van der Waals surface area contributed by atoms with Crippen molar-refractivity contribution in [3.05, 3.63) is 64.0 Å². The Morgan fingerprint density at radius 1 is 1.16 bits per heavy atom. The number of aromatic nitrogens is 1. The van der Waals surface area contributed by atoms with Crippen LogP contribution in [0, 0.1) is 16.0 Å². The maximum absolute atomic E-state index is 13.5. The van der Waals surface area contributed by atoms with Gasteiger partial charge < -0.3 is 19.7 Å². The van der Waals surface area contributed by atoms with Crippen LogP contribution in [0.5, 0.6) is 0 Å². The van der Waals surface area contributed by atoms with Gasteiger partial charge in [0.05, 0.1) is 11.0 Å². The Bertz CT molecular complexity index is 967. The van der Waals surface area contributed by atoms with Crippen LogP contribution >= 0.6 is 0 Å². The fraction of sp³-hybridized carbons (Fsp3) is 0.478. The number of hydrogen-bond acceptors (Lipinski definition) is 4. The minimum absolute atomic E-state index is 0.00582. The van der Waals surface area contributed by atoms with Crippen molar-refractivity contribution in [3.8, 4) is 0 Å². The van der Waals surface area contributed by atoms with Gasteiger partial charge in [-0.2, -0.15) is 0 Å². The number of nitro groups is 1. The van der Waals surface area contributed by atoms with Crippen LogP contribution in [-0.4, -0.2) is 56.9 Å². The summed E-state index contributed by atoms with van der Waals surface area (Å²) >= 11 is 0. The van der Waals surface area contributed by atoms with Gasteiger partial charge in [0.1, 0.15) is 6.54 Å². The average Bonchev–Trinajstić information content (AvgIpc) is 3.20. The molecule has 3 amide bonds. The maximum Gasteiger partial charge on any atom is 0.318 e. The van der Waals surface area contributed by atoms with Gasteiger partial charge in [-0.3, -0.25) is 14.9 Å². The van der Waals surface area contributed by atoms with E-state index in [1.807, 2.05) is 46.0 Å². The minimum Gasteiger partial charge on any atom is -0.348 e. The fourth-order valence-electron chi connectivity index (χ4n) is 4.03. The van der Waals surface area contributed by atoms with Crippen molar-refractivity contribution in [2.24, 2.45) is 5.92 Å². The summed E-state index contributed by atoms with van der Waals surface area (Å²) in [6.07, 6.45) is 1.97. The zero-order chi connectivity index (χ0) is 23.4. The SMILES string of the molecule is CC(C)CN(CC(=O)N1CCn2cccc2C1c1ccc([N+](=O)[O-])cc1)C(=O)NC(C)C. The summed E-state index contributed by atoms with van der Waals surface area (Å²) in [7, 11) is 0. The second-order valence-corrected chi connectivity index (χ2v) is 8.84. The molecule has 1 aromatic heterocycles. The summed E-state index contributed by atoms with van der Waals surface area (Å²) in [6, 6.07) is 9.55. The second kappa shape index (κ2) is 9.84. The second-order valence-electron chi connectivity index (χ2n) is 8.84. The smallest absolute Gasteiger partial charge is 0.318 e. The Labute approximate surface area is 188 Å². The van der Waals surface area contributed by atoms with Crippen LogP contribution in [0.1, 0.15) is 45.0 Å². The van der Waals surface area contributed by atoms with Crippen molar-refractivity contribution >= 4 is 17.6 Å². The minimum atomic E-state index is -0.437. The number of carbonyl (C=O) groups is 2. The van der Waals surface area contributed by atoms with Crippen molar-refractivity contribution in [3.63, 3.8) is 0 Å². The number of nitrogens with zero attached hydrogens (tertiary/aromatic N) is 4. The van der Waals surface area contributed by atoms with E-state index in [-0.39, 0.29) is 42.2 Å². The molecular weight excluding hydrogens is 410 g/mol. The quantitative estimate of drug-likeness (QED) is 0.526. The van der Waals surface area contributed by atoms with Gasteiger partial charge in [0.2, 0.25) is 5.91 Å². The van der Waals surface area contributed by atoms with Gasteiger partial charge in [-0.05, 0) is 49.6 Å². The van der Waals surface area contributed by atoms with E-state index >= 15 is 0 Å². The lowest BCUT2D eigenvalue weighted by Crippen LogP contribution is -2.51. The number of hydrogen-bond donors (Lipinski definition) is 1. The molecular formula is C23H31N5O4. The van der Waals surface area contributed by atoms with E-state index in [2.05, 4.69) is 9.88 Å². The molecule has 2 aromatic rings. The highest BCUT2D eigenvalue weighted by atomic mass is 16.6. The van der Waals surface area contributed by atoms with Crippen molar-refractivity contribution < 1.29 is 14.5 Å². The highest BCUT2D eigenvalue weighted by molar-refractivity contribution is 5.85. The molecule has 9 heteroatoms. The average molecular weight is 442 g/mol. The third-order valence-corrected chi connectivity index (χ3v) is 5.39. The number of carbonyl (C=O) groups excluding carboxylic acids is 2. The summed E-state index contributed by atoms with van der Waals surface area (Å²) in [6.45, 7) is 9.37. The lowest BCUT2D eigenvalue weighted by Gasteiger charge is -2.38. The first-order valence-electron chi connectivity index (χ1n) is 10.9. The van der Waals surface area contributed by atoms with Crippen molar-refractivity contribution in [2.75, 3.05) is 19.6 Å². The maximum atomic E-state index is 13.5. The first-order chi connectivity index (χ1) is 15.2. The van der Waals surface area contributed by atoms with Gasteiger partial charge in [0.25, 0.3) is 5.69 Å². The van der Waals surface area contributed by atoms with Crippen molar-refractivity contribution in [2.45, 2.75) is 46.3 Å². The number of nitrogens with one attached hydrogen (secondary N) is 1. The predicted molar refractivity (Wildman–Crippen MR) is 121 cm³/mol. The third kappa shape index (κ3) is 5.27. The molecule has 3 rings (SSSR count). The molecule has 2 heterocycles. The lowest BCUT2D eigenvalue weighted by molar-refractivity contribution is -0.384. The zero-order valence-electron chi connectivity index (χ0n) is 19.0. The molecule has 1 atom stereocenters. The van der Waals surface area contributed by atoms with Gasteiger partial charge in [-0.25, -0.2) is 4.79 Å². The number of fused-ring (bicyclic) bond motifs is 1. The molecule has 1 aromatic carbocycles. The topological polar surface area (TPSA) is 101 Å². The molecule has 9 nitrogen and oxygen atoms in total. The predicted octanol–water partition coefficient (Wildman–Crippen LogP) is 3.40. The molecule has 1 aliphatic rings. The summed E-state index contributed by atoms with van der Waals surface area (Å²) < 4.78 is 2.09. The Morgan fingerprint density at radius 2 is 1.84 bits per heavy atom. The van der Waals surface area contributed by atoms with Crippen LogP contribution in [0.4, 0.5) is 10.5 Å². The highest BCUT2D eigenvalue weighted by Crippen LogP contribution is 2.33. The molecule has 1 N–H and O–H groups in total. The van der Waals surface area contributed by atoms with Crippen LogP contribution in [-0.2, 0) is 11.3 Å². The molecule has 0 saturated heterocycles. The number of urea groups is 1. The van der Waals surface area contributed by atoms with E-state index in [1.54, 1.807) is 21.9 Å². The fourth-order valence-corrected chi connectivity index (χ4v) is 4.03. The van der Waals surface area contributed by atoms with E-state index < -0.39 is 4.92 Å². The normalized spacial score (nSPS) is 15.6. The van der Waals surface area contributed by atoms with Crippen LogP contribution in [0.3, 0.4) is 0 Å². The molecule has 0 saturated carbocycles. The summed E-state index contributed by atoms with van der Waals surface area (Å²) in [4.78, 5) is 40.1. The van der Waals surface area contributed by atoms with Crippen LogP contribution < -0.4 is 5.32 Å². The van der Waals surface area contributed by atoms with E-state index in [0.29, 0.717) is 19.6 Å². The van der Waals surface area contributed by atoms with Crippen molar-refractivity contribution in [1.29, 1.82) is 0 Å². The Hall–Kier alpha value is -3.36. The Kier molecular flexibility index (Phi) is 7.17. The van der Waals surface area contributed by atoms with Gasteiger partial charge in [0.15, 0.2) is 0 Å². The van der Waals surface area contributed by atoms with Crippen LogP contribution in [0.2, 0.25) is 0 Å². The summed E-state index contributed by atoms with van der Waals surface area (Å²) in [5, 5.41) is 13.9. The first-order valence-corrected chi connectivity index (χ1v) is 10.9. The number of rotatable bonds is 7. The number of benzene rings is 1. The molecule has 172 valence electrons. The molecule has 0 aliphatic carbocycles. The largest absolute Gasteiger partial charge is 0.348 e. The van der Waals surface area contributed by atoms with Gasteiger partial charge in [0, 0.05) is 49.7 Å². The summed E-state index contributed by atoms with van der Waals surface area (Å²) in [5.74, 6) is 0.0603. The number of amides is 3. The van der Waals surface area contributed by atoms with E-state index in [4.69, 9.17) is 0 Å². The number of non-ortho nitro benzene ring substituents is 1. The van der Waals surface area contributed by atoms with Gasteiger partial charge in [-0.1, -0.05) is 13.8 Å². The molecule has 0 fully saturated rings. The molecule has 1 unspecified atom stereocenters. The molecule has 0 bridgehead atoms. The molecule has 0 radical (unpaired) electrons. The summed E-state index contributed by atoms with van der Waals surface area (Å²) in [5.41, 5.74) is 1.75. The van der Waals surface area contributed by atoms with Gasteiger partial charge >= 0.3 is 6.03 Å². The Balaban J connectivity index is 1.88. The standard InChI is InChI=1S/C23H31N5O4/c1-16(2)14-26(23(30)24-17(3)4)15-21(29)27-13-12-25-11-5-6-20(25)22(27)18-7-9-19(10-8-18)28(31)32/h5-11,16-17,22H,12-15H2,1-4H3,(H,24,30). The van der Waals surface area contributed by atoms with E-state index in [0.717, 1.165) is 11.3 Å². The van der Waals surface area contributed by atoms with E-state index in [9.17, 15) is 19.7 Å². The molecule has 32 heavy (non-hydrogen) atoms. The van der Waals surface area contributed by atoms with Crippen molar-refractivity contribution in [1.82, 2.24) is 19.7 Å². The third-order valence-electron chi connectivity index (χ3n) is 5.39. The zero-order valence-corrected chi connectivity index (χ0v) is 19.0. The van der Waals surface area contributed by atoms with Gasteiger partial charge in [-0.15, -0.1) is 0 Å². The van der Waals surface area contributed by atoms with Crippen LogP contribution in [0.25, 0.3) is 0 Å². The first kappa shape index (κ1) is 23.3. The van der Waals surface area contributed by atoms with E-state index in [1.165, 1.54) is 12.1 Å². The molecule has 1 aliphatic heterocycles. The highest BCUT2D eigenvalue weighted by Gasteiger charge is 2.33. The number of nitro benzene ring substituents is 1.